The molecule has 5 rings (SSSR count). The van der Waals surface area contributed by atoms with Gasteiger partial charge in [-0.15, -0.1) is 0 Å². The number of benzene rings is 2. The van der Waals surface area contributed by atoms with Crippen LogP contribution in [0.5, 0.6) is 0 Å². The predicted molar refractivity (Wildman–Crippen MR) is 134 cm³/mol. The van der Waals surface area contributed by atoms with E-state index in [1.54, 1.807) is 6.07 Å². The van der Waals surface area contributed by atoms with Gasteiger partial charge in [-0.25, -0.2) is 13.2 Å². The minimum absolute atomic E-state index is 0.0782. The van der Waals surface area contributed by atoms with Crippen LogP contribution in [0.1, 0.15) is 118 Å². The number of epoxide rings is 1. The van der Waals surface area contributed by atoms with Gasteiger partial charge in [-0.1, -0.05) is 44.0 Å². The molecule has 2 aromatic carbocycles. The molecule has 2 saturated carbocycles. The number of hydrogen-bond acceptors (Lipinski definition) is 1. The molecule has 2 aliphatic carbocycles. The number of rotatable bonds is 8. The standard InChI is InChI=1S/C31H39F3O/c1-2-3-20-4-11-23(12-5-20)27-17-14-24(30(33)31(27)34)13-8-21-6-9-22(10-7-21)26-16-15-25(18-28(26)32)29-19-35-29/h14-18,20-23,29H,2-13,19H2,1H3. The van der Waals surface area contributed by atoms with Gasteiger partial charge in [0.15, 0.2) is 11.6 Å². The number of hydrogen-bond donors (Lipinski definition) is 0. The highest BCUT2D eigenvalue weighted by atomic mass is 19.2. The second kappa shape index (κ2) is 11.1. The Kier molecular flexibility index (Phi) is 7.86. The summed E-state index contributed by atoms with van der Waals surface area (Å²) in [6.07, 6.45) is 12.1. The SMILES string of the molecule is CCCC1CCC(c2ccc(CCC3CCC(c4ccc(C5CO5)cc4F)CC3)c(F)c2F)CC1. The van der Waals surface area contributed by atoms with Crippen molar-refractivity contribution in [3.8, 4) is 0 Å². The van der Waals surface area contributed by atoms with Gasteiger partial charge < -0.3 is 4.74 Å². The zero-order valence-electron chi connectivity index (χ0n) is 21.0. The minimum atomic E-state index is -0.631. The highest BCUT2D eigenvalue weighted by Crippen LogP contribution is 2.41. The summed E-state index contributed by atoms with van der Waals surface area (Å²) in [5, 5.41) is 0. The molecule has 190 valence electrons. The third kappa shape index (κ3) is 5.79. The first kappa shape index (κ1) is 24.9. The summed E-state index contributed by atoms with van der Waals surface area (Å²) in [5.41, 5.74) is 2.85. The van der Waals surface area contributed by atoms with Crippen molar-refractivity contribution < 1.29 is 17.9 Å². The summed E-state index contributed by atoms with van der Waals surface area (Å²) in [6.45, 7) is 2.91. The van der Waals surface area contributed by atoms with Gasteiger partial charge in [-0.2, -0.15) is 0 Å². The molecular weight excluding hydrogens is 445 g/mol. The summed E-state index contributed by atoms with van der Waals surface area (Å²) in [7, 11) is 0. The van der Waals surface area contributed by atoms with Crippen LogP contribution in [0.15, 0.2) is 30.3 Å². The van der Waals surface area contributed by atoms with Crippen molar-refractivity contribution in [3.05, 3.63) is 70.0 Å². The fourth-order valence-corrected chi connectivity index (χ4v) is 6.72. The first-order valence-electron chi connectivity index (χ1n) is 13.9. The summed E-state index contributed by atoms with van der Waals surface area (Å²) in [6, 6.07) is 9.26. The topological polar surface area (TPSA) is 12.5 Å². The smallest absolute Gasteiger partial charge is 0.162 e. The Hall–Kier alpha value is -1.81. The van der Waals surface area contributed by atoms with Gasteiger partial charge in [0.25, 0.3) is 0 Å². The number of ether oxygens (including phenoxy) is 1. The van der Waals surface area contributed by atoms with Crippen LogP contribution < -0.4 is 0 Å². The van der Waals surface area contributed by atoms with Crippen molar-refractivity contribution in [3.63, 3.8) is 0 Å². The average Bonchev–Trinajstić information content (AvgIpc) is 3.72. The van der Waals surface area contributed by atoms with Crippen LogP contribution in [-0.2, 0) is 11.2 Å². The summed E-state index contributed by atoms with van der Waals surface area (Å²) in [4.78, 5) is 0. The van der Waals surface area contributed by atoms with Gasteiger partial charge in [-0.05, 0) is 116 Å². The monoisotopic (exact) mass is 484 g/mol. The molecule has 4 heteroatoms. The Labute approximate surface area is 208 Å². The van der Waals surface area contributed by atoms with Crippen LogP contribution >= 0.6 is 0 Å². The third-order valence-corrected chi connectivity index (χ3v) is 9.01. The molecule has 0 aromatic heterocycles. The van der Waals surface area contributed by atoms with Gasteiger partial charge >= 0.3 is 0 Å². The largest absolute Gasteiger partial charge is 0.368 e. The molecule has 2 aromatic rings. The lowest BCUT2D eigenvalue weighted by atomic mass is 9.76. The Morgan fingerprint density at radius 1 is 0.743 bits per heavy atom. The molecule has 0 spiro atoms. The van der Waals surface area contributed by atoms with Crippen molar-refractivity contribution >= 4 is 0 Å². The van der Waals surface area contributed by atoms with E-state index in [0.717, 1.165) is 74.8 Å². The molecule has 1 unspecified atom stereocenters. The van der Waals surface area contributed by atoms with Gasteiger partial charge in [0.1, 0.15) is 11.9 Å². The molecule has 0 amide bonds. The Bertz CT molecular complexity index is 999. The minimum Gasteiger partial charge on any atom is -0.368 e. The molecule has 1 saturated heterocycles. The first-order chi connectivity index (χ1) is 17.0. The Morgan fingerprint density at radius 3 is 1.94 bits per heavy atom. The van der Waals surface area contributed by atoms with Crippen LogP contribution in [0.2, 0.25) is 0 Å². The number of halogens is 3. The average molecular weight is 485 g/mol. The van der Waals surface area contributed by atoms with Crippen LogP contribution in [-0.4, -0.2) is 6.61 Å². The third-order valence-electron chi connectivity index (χ3n) is 9.01. The van der Waals surface area contributed by atoms with Gasteiger partial charge in [0, 0.05) is 0 Å². The van der Waals surface area contributed by atoms with E-state index in [9.17, 15) is 13.2 Å². The normalized spacial score (nSPS) is 28.7. The lowest BCUT2D eigenvalue weighted by Gasteiger charge is -2.30. The summed E-state index contributed by atoms with van der Waals surface area (Å²) < 4.78 is 49.9. The van der Waals surface area contributed by atoms with Crippen molar-refractivity contribution in [1.29, 1.82) is 0 Å². The molecule has 0 bridgehead atoms. The molecule has 0 N–H and O–H groups in total. The van der Waals surface area contributed by atoms with Crippen LogP contribution in [0.3, 0.4) is 0 Å². The fraction of sp³-hybridized carbons (Fsp3) is 0.613. The van der Waals surface area contributed by atoms with Crippen molar-refractivity contribution in [1.82, 2.24) is 0 Å². The molecule has 3 aliphatic rings. The lowest BCUT2D eigenvalue weighted by Crippen LogP contribution is -2.16. The second-order valence-electron chi connectivity index (χ2n) is 11.3. The summed E-state index contributed by atoms with van der Waals surface area (Å²) >= 11 is 0. The molecule has 1 atom stereocenters. The molecule has 1 aliphatic heterocycles. The zero-order valence-corrected chi connectivity index (χ0v) is 21.0. The van der Waals surface area contributed by atoms with Crippen LogP contribution in [0, 0.1) is 29.3 Å². The van der Waals surface area contributed by atoms with E-state index < -0.39 is 11.6 Å². The van der Waals surface area contributed by atoms with E-state index in [1.165, 1.54) is 12.8 Å². The van der Waals surface area contributed by atoms with Gasteiger partial charge in [0.2, 0.25) is 0 Å². The zero-order chi connectivity index (χ0) is 24.4. The van der Waals surface area contributed by atoms with E-state index in [2.05, 4.69) is 6.92 Å². The van der Waals surface area contributed by atoms with E-state index in [0.29, 0.717) is 30.1 Å². The highest BCUT2D eigenvalue weighted by Gasteiger charge is 2.29. The van der Waals surface area contributed by atoms with Crippen molar-refractivity contribution in [2.75, 3.05) is 6.61 Å². The maximum Gasteiger partial charge on any atom is 0.162 e. The van der Waals surface area contributed by atoms with Crippen LogP contribution in [0.25, 0.3) is 0 Å². The van der Waals surface area contributed by atoms with E-state index in [1.807, 2.05) is 24.3 Å². The molecule has 1 heterocycles. The number of aryl methyl sites for hydroxylation is 1. The quantitative estimate of drug-likeness (QED) is 0.340. The van der Waals surface area contributed by atoms with Crippen molar-refractivity contribution in [2.24, 2.45) is 11.8 Å². The maximum absolute atomic E-state index is 15.0. The van der Waals surface area contributed by atoms with Gasteiger partial charge in [-0.3, -0.25) is 0 Å². The predicted octanol–water partition coefficient (Wildman–Crippen LogP) is 9.16. The highest BCUT2D eigenvalue weighted by molar-refractivity contribution is 5.31. The van der Waals surface area contributed by atoms with E-state index >= 15 is 0 Å². The molecule has 1 nitrogen and oxygen atoms in total. The van der Waals surface area contributed by atoms with E-state index in [4.69, 9.17) is 4.74 Å². The fourth-order valence-electron chi connectivity index (χ4n) is 6.72. The second-order valence-corrected chi connectivity index (χ2v) is 11.3. The van der Waals surface area contributed by atoms with E-state index in [-0.39, 0.29) is 23.8 Å². The molecule has 3 fully saturated rings. The molecule has 0 radical (unpaired) electrons. The molecule has 35 heavy (non-hydrogen) atoms. The van der Waals surface area contributed by atoms with Crippen LogP contribution in [0.4, 0.5) is 13.2 Å². The van der Waals surface area contributed by atoms with Gasteiger partial charge in [0.05, 0.1) is 6.61 Å². The summed E-state index contributed by atoms with van der Waals surface area (Å²) in [5.74, 6) is 0.304. The molecular formula is C31H39F3O. The Balaban J connectivity index is 1.13. The van der Waals surface area contributed by atoms with Crippen molar-refractivity contribution in [2.45, 2.75) is 102 Å². The Morgan fingerprint density at radius 2 is 1.34 bits per heavy atom. The maximum atomic E-state index is 15.0. The lowest BCUT2D eigenvalue weighted by molar-refractivity contribution is 0.301. The first-order valence-corrected chi connectivity index (χ1v) is 13.9.